The van der Waals surface area contributed by atoms with Crippen molar-refractivity contribution < 1.29 is 173 Å². The van der Waals surface area contributed by atoms with E-state index in [1.807, 2.05) is 6.92 Å². The second-order valence-corrected chi connectivity index (χ2v) is 21.8. The topological polar surface area (TPSA) is 543 Å². The molecule has 21 aliphatic heterocycles. The molecule has 1 aromatic heterocycles. The Bertz CT molecular complexity index is 2180. The first kappa shape index (κ1) is 66.3. The van der Waals surface area contributed by atoms with E-state index in [0.717, 1.165) is 6.42 Å². The van der Waals surface area contributed by atoms with Crippen molar-refractivity contribution in [2.45, 2.75) is 241 Å². The van der Waals surface area contributed by atoms with E-state index in [1.54, 1.807) is 27.9 Å². The molecule has 36 heteroatoms. The van der Waals surface area contributed by atoms with Gasteiger partial charge in [0.1, 0.15) is 190 Å². The molecular weight excluding hydrogens is 1150 g/mol. The normalized spacial score (nSPS) is 51.8. The summed E-state index contributed by atoms with van der Waals surface area (Å²) in [7, 11) is 0. The first-order chi connectivity index (χ1) is 40.1. The SMILES string of the molecule is CCCn1cc[n+](C[C@H]2O[C@@H]3O[C@H]4[C@H](O)[C@@H](O)[C@@H](O[C@H]5[C@H](O)[C@@H](O)[C@@H](O[C@H]6[C@H](O)[C@@H](O)[C@@H](O[C@H]7[C@H](O)[C@@H](O)[C@@H](O[C@H]8[C@H](O)[C@@H](O)[C@@H](O[C@H]9[C@H](O)[C@@H](O)[C@@H](O[C@H]2[C@H](O)[C@H]3O)O[C@@H]9CO)O[C@@H]8CO)O[C@@H]7CO)O[C@@H]6CO)O[C@@H]5CO)O[C@@H]4CO)c1. The van der Waals surface area contributed by atoms with Gasteiger partial charge in [0.2, 0.25) is 6.33 Å². The summed E-state index contributed by atoms with van der Waals surface area (Å²) in [6.45, 7) is -3.93. The van der Waals surface area contributed by atoms with Crippen LogP contribution in [0, 0.1) is 0 Å². The molecule has 20 N–H and O–H groups in total. The van der Waals surface area contributed by atoms with Gasteiger partial charge in [-0.1, -0.05) is 6.92 Å². The summed E-state index contributed by atoms with van der Waals surface area (Å²) < 4.78 is 85.0. The van der Waals surface area contributed by atoms with Crippen LogP contribution in [-0.2, 0) is 79.4 Å². The van der Waals surface area contributed by atoms with Gasteiger partial charge in [0.05, 0.1) is 46.2 Å². The summed E-state index contributed by atoms with van der Waals surface area (Å²) in [6, 6.07) is 0. The highest BCUT2D eigenvalue weighted by atomic mass is 16.8. The minimum atomic E-state index is -2.20. The molecule has 21 aliphatic rings. The van der Waals surface area contributed by atoms with Gasteiger partial charge >= 0.3 is 0 Å². The molecule has 36 nitrogen and oxygen atoms in total. The molecular formula is C48H79N2O34+. The average Bonchev–Trinajstić information content (AvgIpc) is 1.40. The monoisotopic (exact) mass is 1230 g/mol. The van der Waals surface area contributed by atoms with Crippen molar-refractivity contribution in [3.8, 4) is 0 Å². The fourth-order valence-corrected chi connectivity index (χ4v) is 11.6. The van der Waals surface area contributed by atoms with E-state index >= 15 is 0 Å². The van der Waals surface area contributed by atoms with Crippen LogP contribution in [0.3, 0.4) is 0 Å². The molecule has 484 valence electrons. The number of ether oxygens (including phenoxy) is 14. The minimum Gasteiger partial charge on any atom is -0.394 e. The Morgan fingerprint density at radius 2 is 0.500 bits per heavy atom. The maximum atomic E-state index is 11.9. The Labute approximate surface area is 476 Å². The number of aliphatic hydroxyl groups is 20. The van der Waals surface area contributed by atoms with Gasteiger partial charge in [-0.3, -0.25) is 0 Å². The summed E-state index contributed by atoms with van der Waals surface area (Å²) in [4.78, 5) is 0. The van der Waals surface area contributed by atoms with Crippen molar-refractivity contribution in [3.63, 3.8) is 0 Å². The predicted molar refractivity (Wildman–Crippen MR) is 256 cm³/mol. The molecule has 14 bridgehead atoms. The predicted octanol–water partition coefficient (Wildman–Crippen LogP) is -14.0. The quantitative estimate of drug-likeness (QED) is 0.0967. The Morgan fingerprint density at radius 3 is 0.702 bits per heavy atom. The van der Waals surface area contributed by atoms with Crippen LogP contribution in [-0.4, -0.2) is 361 Å². The van der Waals surface area contributed by atoms with Gasteiger partial charge in [0.25, 0.3) is 0 Å². The fourth-order valence-electron chi connectivity index (χ4n) is 11.6. The molecule has 22 rings (SSSR count). The zero-order chi connectivity index (χ0) is 60.7. The first-order valence-electron chi connectivity index (χ1n) is 27.5. The molecule has 22 heterocycles. The lowest BCUT2D eigenvalue weighted by Gasteiger charge is -2.50. The van der Waals surface area contributed by atoms with Crippen molar-refractivity contribution in [2.75, 3.05) is 39.6 Å². The maximum Gasteiger partial charge on any atom is 0.243 e. The number of aryl methyl sites for hydroxylation is 1. The molecule has 0 unspecified atom stereocenters. The lowest BCUT2D eigenvalue weighted by atomic mass is 9.95. The second kappa shape index (κ2) is 28.3. The third-order valence-electron chi connectivity index (χ3n) is 16.2. The summed E-state index contributed by atoms with van der Waals surface area (Å²) in [5, 5.41) is 224. The molecule has 21 saturated heterocycles. The summed E-state index contributed by atoms with van der Waals surface area (Å²) in [6.07, 6.45) is -63.5. The Kier molecular flexibility index (Phi) is 22.4. The molecule has 1 aromatic rings. The number of aliphatic hydroxyl groups excluding tert-OH is 20. The lowest BCUT2D eigenvalue weighted by Crippen LogP contribution is -2.68. The van der Waals surface area contributed by atoms with Gasteiger partial charge in [-0.25, -0.2) is 9.13 Å². The molecule has 0 radical (unpaired) electrons. The average molecular weight is 1230 g/mol. The third-order valence-corrected chi connectivity index (χ3v) is 16.2. The van der Waals surface area contributed by atoms with Crippen LogP contribution >= 0.6 is 0 Å². The minimum absolute atomic E-state index is 0.231. The zero-order valence-electron chi connectivity index (χ0n) is 44.9. The van der Waals surface area contributed by atoms with Gasteiger partial charge in [0, 0.05) is 0 Å². The van der Waals surface area contributed by atoms with Gasteiger partial charge in [-0.2, -0.15) is 0 Å². The van der Waals surface area contributed by atoms with Crippen LogP contribution in [0.15, 0.2) is 18.7 Å². The van der Waals surface area contributed by atoms with Crippen LogP contribution in [0.1, 0.15) is 13.3 Å². The van der Waals surface area contributed by atoms with E-state index < -0.39 is 255 Å². The number of aromatic nitrogens is 2. The summed E-state index contributed by atoms with van der Waals surface area (Å²) >= 11 is 0. The second-order valence-electron chi connectivity index (χ2n) is 21.8. The van der Waals surface area contributed by atoms with Crippen molar-refractivity contribution in [3.05, 3.63) is 18.7 Å². The highest BCUT2D eigenvalue weighted by Crippen LogP contribution is 2.39. The van der Waals surface area contributed by atoms with Crippen molar-refractivity contribution in [1.29, 1.82) is 0 Å². The molecule has 0 spiro atoms. The van der Waals surface area contributed by atoms with E-state index in [4.69, 9.17) is 66.3 Å². The van der Waals surface area contributed by atoms with E-state index in [9.17, 15) is 102 Å². The number of hydrogen-bond donors (Lipinski definition) is 20. The molecule has 0 amide bonds. The van der Waals surface area contributed by atoms with Gasteiger partial charge in [0.15, 0.2) is 44.0 Å². The van der Waals surface area contributed by atoms with E-state index in [0.29, 0.717) is 6.54 Å². The number of hydrogen-bond acceptors (Lipinski definition) is 34. The molecule has 0 aromatic carbocycles. The van der Waals surface area contributed by atoms with Gasteiger partial charge in [-0.15, -0.1) is 0 Å². The summed E-state index contributed by atoms with van der Waals surface area (Å²) in [5.74, 6) is 0. The zero-order valence-corrected chi connectivity index (χ0v) is 44.9. The van der Waals surface area contributed by atoms with Crippen LogP contribution in [0.2, 0.25) is 0 Å². The maximum absolute atomic E-state index is 11.9. The van der Waals surface area contributed by atoms with Gasteiger partial charge in [-0.05, 0) is 6.42 Å². The summed E-state index contributed by atoms with van der Waals surface area (Å²) in [5.41, 5.74) is 0. The molecule has 21 fully saturated rings. The van der Waals surface area contributed by atoms with Crippen LogP contribution < -0.4 is 4.57 Å². The molecule has 0 saturated carbocycles. The smallest absolute Gasteiger partial charge is 0.243 e. The number of imidazole rings is 1. The van der Waals surface area contributed by atoms with Crippen LogP contribution in [0.5, 0.6) is 0 Å². The van der Waals surface area contributed by atoms with E-state index in [1.165, 1.54) is 0 Å². The van der Waals surface area contributed by atoms with Gasteiger partial charge < -0.3 is 168 Å². The standard InChI is InChI=1S/C48H79N2O34/c1-2-3-49-4-5-50(13-49)6-14-35-21(57)28(64)42(71-14)79-36-15(7-51)73-44(30(66)23(36)59)81-38-17(9-53)75-46(32(68)25(38)61)83-40-19(11-55)77-48(34(70)27(40)63)84-41-20(12-56)76-47(33(69)26(41)62)82-39-18(10-54)74-45(31(67)24(39)60)80-37-16(8-52)72-43(78-35)29(65)22(37)58/h4-5,13-48,51-70H,2-3,6-12H2,1H3/q+1/t14-,15-,16-,17-,18-,19-,20-,21-,22-,23-,24-,25-,26-,27-,28-,29-,30-,31-,32-,33-,34-,35-,36-,37-,38-,39-,40-,41-,42-,43-,44-,45-,46-,47-,48-/m1/s1. The first-order valence-corrected chi connectivity index (χ1v) is 27.5. The lowest BCUT2D eigenvalue weighted by molar-refractivity contribution is -0.707. The highest BCUT2D eigenvalue weighted by molar-refractivity contribution is 5.01. The number of nitrogens with zero attached hydrogens (tertiary/aromatic N) is 2. The molecule has 84 heavy (non-hydrogen) atoms. The Hall–Kier alpha value is -2.15. The van der Waals surface area contributed by atoms with Crippen molar-refractivity contribution in [2.24, 2.45) is 0 Å². The van der Waals surface area contributed by atoms with Crippen LogP contribution in [0.4, 0.5) is 0 Å². The third kappa shape index (κ3) is 13.2. The highest BCUT2D eigenvalue weighted by Gasteiger charge is 2.60. The van der Waals surface area contributed by atoms with Crippen LogP contribution in [0.25, 0.3) is 0 Å². The van der Waals surface area contributed by atoms with E-state index in [2.05, 4.69) is 0 Å². The van der Waals surface area contributed by atoms with Crippen molar-refractivity contribution >= 4 is 0 Å². The molecule has 35 atom stereocenters. The Morgan fingerprint density at radius 1 is 0.298 bits per heavy atom. The molecule has 0 aliphatic carbocycles. The largest absolute Gasteiger partial charge is 0.394 e. The van der Waals surface area contributed by atoms with Crippen molar-refractivity contribution in [1.82, 2.24) is 4.57 Å². The van der Waals surface area contributed by atoms with E-state index in [-0.39, 0.29) is 6.54 Å². The Balaban J connectivity index is 1.02. The number of rotatable bonds is 10. The fraction of sp³-hybridized carbons (Fsp3) is 0.938.